The molecule has 134 valence electrons. The summed E-state index contributed by atoms with van der Waals surface area (Å²) in [6.07, 6.45) is 6.43. The Bertz CT molecular complexity index is 1100. The number of fused-ring (bicyclic) bond motifs is 1. The van der Waals surface area contributed by atoms with Crippen LogP contribution in [0.25, 0.3) is 23.1 Å². The summed E-state index contributed by atoms with van der Waals surface area (Å²) in [5.74, 6) is -0.636. The maximum atomic E-state index is 12.3. The van der Waals surface area contributed by atoms with Gasteiger partial charge in [-0.15, -0.1) is 0 Å². The van der Waals surface area contributed by atoms with Crippen LogP contribution in [0.5, 0.6) is 5.75 Å². The Kier molecular flexibility index (Phi) is 5.42. The maximum absolute atomic E-state index is 12.3. The highest BCUT2D eigenvalue weighted by Crippen LogP contribution is 2.12. The van der Waals surface area contributed by atoms with E-state index in [1.165, 1.54) is 36.6 Å². The summed E-state index contributed by atoms with van der Waals surface area (Å²) in [6, 6.07) is 13.2. The summed E-state index contributed by atoms with van der Waals surface area (Å²) in [6.45, 7) is 0. The van der Waals surface area contributed by atoms with Gasteiger partial charge < -0.3 is 9.52 Å². The first-order valence-corrected chi connectivity index (χ1v) is 8.24. The molecule has 0 atom stereocenters. The predicted molar refractivity (Wildman–Crippen MR) is 103 cm³/mol. The summed E-state index contributed by atoms with van der Waals surface area (Å²) in [7, 11) is 0. The Morgan fingerprint density at radius 1 is 0.926 bits per heavy atom. The van der Waals surface area contributed by atoms with Crippen LogP contribution in [0.4, 0.5) is 0 Å². The van der Waals surface area contributed by atoms with Gasteiger partial charge in [0.15, 0.2) is 17.0 Å². The van der Waals surface area contributed by atoms with E-state index in [-0.39, 0.29) is 28.9 Å². The minimum absolute atomic E-state index is 0.136. The minimum atomic E-state index is -0.414. The number of aromatic hydroxyl groups is 1. The van der Waals surface area contributed by atoms with Crippen molar-refractivity contribution in [2.75, 3.05) is 0 Å². The predicted octanol–water partition coefficient (Wildman–Crippen LogP) is 3.75. The molecule has 0 unspecified atom stereocenters. The fraction of sp³-hybridized carbons (Fsp3) is 0.0455. The van der Waals surface area contributed by atoms with E-state index in [2.05, 4.69) is 0 Å². The van der Waals surface area contributed by atoms with E-state index in [1.807, 2.05) is 0 Å². The highest BCUT2D eigenvalue weighted by molar-refractivity contribution is 6.10. The van der Waals surface area contributed by atoms with Crippen molar-refractivity contribution in [3.05, 3.63) is 88.3 Å². The lowest BCUT2D eigenvalue weighted by atomic mass is 10.1. The van der Waals surface area contributed by atoms with Crippen LogP contribution in [-0.4, -0.2) is 16.7 Å². The van der Waals surface area contributed by atoms with Crippen LogP contribution in [0, 0.1) is 0 Å². The van der Waals surface area contributed by atoms with Gasteiger partial charge in [-0.25, -0.2) is 0 Å². The molecule has 0 saturated heterocycles. The molecular formula is C22H16O5. The number of hydrogen-bond acceptors (Lipinski definition) is 5. The number of ketones is 2. The smallest absolute Gasteiger partial charge is 0.199 e. The Hall–Kier alpha value is -3.73. The van der Waals surface area contributed by atoms with Gasteiger partial charge in [-0.3, -0.25) is 14.4 Å². The lowest BCUT2D eigenvalue weighted by Crippen LogP contribution is -2.06. The zero-order chi connectivity index (χ0) is 19.2. The average Bonchev–Trinajstić information content (AvgIpc) is 2.67. The van der Waals surface area contributed by atoms with Crippen molar-refractivity contribution in [1.29, 1.82) is 0 Å². The molecule has 0 radical (unpaired) electrons. The van der Waals surface area contributed by atoms with Crippen LogP contribution in [0.3, 0.4) is 0 Å². The van der Waals surface area contributed by atoms with E-state index in [0.29, 0.717) is 11.0 Å². The summed E-state index contributed by atoms with van der Waals surface area (Å²) < 4.78 is 5.37. The third-order valence-corrected chi connectivity index (χ3v) is 3.86. The van der Waals surface area contributed by atoms with Crippen LogP contribution in [0.15, 0.2) is 76.2 Å². The summed E-state index contributed by atoms with van der Waals surface area (Å²) >= 11 is 0. The molecule has 0 spiro atoms. The molecule has 2 aromatic carbocycles. The number of phenols is 1. The number of carbonyl (C=O) groups is 2. The summed E-state index contributed by atoms with van der Waals surface area (Å²) in [5, 5.41) is 9.64. The van der Waals surface area contributed by atoms with Crippen molar-refractivity contribution < 1.29 is 19.1 Å². The Balaban J connectivity index is 1.65. The number of allylic oxidation sites excluding steroid dienone is 2. The normalized spacial score (nSPS) is 11.4. The van der Waals surface area contributed by atoms with Gasteiger partial charge in [0, 0.05) is 0 Å². The minimum Gasteiger partial charge on any atom is -0.508 e. The fourth-order valence-electron chi connectivity index (χ4n) is 2.45. The van der Waals surface area contributed by atoms with E-state index in [0.717, 1.165) is 5.56 Å². The number of hydrogen-bond donors (Lipinski definition) is 1. The molecule has 27 heavy (non-hydrogen) atoms. The van der Waals surface area contributed by atoms with Gasteiger partial charge in [-0.05, 0) is 48.1 Å². The lowest BCUT2D eigenvalue weighted by Gasteiger charge is -1.97. The number of carbonyl (C=O) groups excluding carboxylic acids is 2. The Morgan fingerprint density at radius 2 is 1.59 bits per heavy atom. The molecule has 0 aliphatic rings. The van der Waals surface area contributed by atoms with Crippen LogP contribution < -0.4 is 5.43 Å². The van der Waals surface area contributed by atoms with Crippen molar-refractivity contribution in [2.45, 2.75) is 6.42 Å². The first-order chi connectivity index (χ1) is 13.0. The average molecular weight is 360 g/mol. The zero-order valence-electron chi connectivity index (χ0n) is 14.3. The molecule has 1 heterocycles. The van der Waals surface area contributed by atoms with Crippen molar-refractivity contribution >= 4 is 34.7 Å². The summed E-state index contributed by atoms with van der Waals surface area (Å²) in [5.41, 5.74) is 1.21. The van der Waals surface area contributed by atoms with Gasteiger partial charge in [-0.1, -0.05) is 30.3 Å². The molecule has 3 aromatic rings. The monoisotopic (exact) mass is 360 g/mol. The van der Waals surface area contributed by atoms with E-state index in [4.69, 9.17) is 4.42 Å². The van der Waals surface area contributed by atoms with Gasteiger partial charge in [0.1, 0.15) is 17.6 Å². The topological polar surface area (TPSA) is 84.6 Å². The number of phenolic OH excluding ortho intramolecular Hbond substituents is 1. The SMILES string of the molecule is O=C(/C=C/c1ccc(O)cc1)CC(=O)/C=C/c1coc2ccccc2c1=O. The second-order valence-electron chi connectivity index (χ2n) is 5.88. The zero-order valence-corrected chi connectivity index (χ0v) is 14.3. The molecule has 5 nitrogen and oxygen atoms in total. The highest BCUT2D eigenvalue weighted by Gasteiger charge is 2.06. The lowest BCUT2D eigenvalue weighted by molar-refractivity contribution is -0.121. The molecule has 1 N–H and O–H groups in total. The second kappa shape index (κ2) is 8.10. The first kappa shape index (κ1) is 18.1. The Labute approximate surface area is 154 Å². The number of rotatable bonds is 6. The van der Waals surface area contributed by atoms with Crippen molar-refractivity contribution in [1.82, 2.24) is 0 Å². The molecule has 1 aromatic heterocycles. The maximum Gasteiger partial charge on any atom is 0.199 e. The molecular weight excluding hydrogens is 344 g/mol. The molecule has 0 saturated carbocycles. The van der Waals surface area contributed by atoms with Crippen molar-refractivity contribution in [2.24, 2.45) is 0 Å². The van der Waals surface area contributed by atoms with E-state index < -0.39 is 5.78 Å². The van der Waals surface area contributed by atoms with Gasteiger partial charge in [-0.2, -0.15) is 0 Å². The highest BCUT2D eigenvalue weighted by atomic mass is 16.3. The third-order valence-electron chi connectivity index (χ3n) is 3.86. The van der Waals surface area contributed by atoms with Gasteiger partial charge in [0.2, 0.25) is 0 Å². The van der Waals surface area contributed by atoms with E-state index in [1.54, 1.807) is 42.5 Å². The van der Waals surface area contributed by atoms with Gasteiger partial charge in [0.25, 0.3) is 0 Å². The van der Waals surface area contributed by atoms with Crippen LogP contribution >= 0.6 is 0 Å². The quantitative estimate of drug-likeness (QED) is 0.534. The molecule has 0 aliphatic heterocycles. The number of benzene rings is 2. The molecule has 3 rings (SSSR count). The molecule has 5 heteroatoms. The van der Waals surface area contributed by atoms with Gasteiger partial charge >= 0.3 is 0 Å². The molecule has 0 amide bonds. The van der Waals surface area contributed by atoms with Crippen molar-refractivity contribution in [3.8, 4) is 5.75 Å². The van der Waals surface area contributed by atoms with Gasteiger partial charge in [0.05, 0.1) is 17.4 Å². The fourth-order valence-corrected chi connectivity index (χ4v) is 2.45. The van der Waals surface area contributed by atoms with Crippen LogP contribution in [-0.2, 0) is 9.59 Å². The van der Waals surface area contributed by atoms with E-state index in [9.17, 15) is 19.5 Å². The standard InChI is InChI=1S/C22H16O5/c23-17-9-5-15(6-10-17)7-11-18(24)13-19(25)12-8-16-14-27-21-4-2-1-3-20(21)22(16)26/h1-12,14,23H,13H2/b11-7+,12-8+. The Morgan fingerprint density at radius 3 is 2.33 bits per heavy atom. The van der Waals surface area contributed by atoms with Crippen LogP contribution in [0.2, 0.25) is 0 Å². The summed E-state index contributed by atoms with van der Waals surface area (Å²) in [4.78, 5) is 36.2. The second-order valence-corrected chi connectivity index (χ2v) is 5.88. The largest absolute Gasteiger partial charge is 0.508 e. The van der Waals surface area contributed by atoms with E-state index >= 15 is 0 Å². The molecule has 0 aliphatic carbocycles. The number of para-hydroxylation sites is 1. The molecule has 0 fully saturated rings. The first-order valence-electron chi connectivity index (χ1n) is 8.24. The van der Waals surface area contributed by atoms with Crippen molar-refractivity contribution in [3.63, 3.8) is 0 Å². The molecule has 0 bridgehead atoms. The third kappa shape index (κ3) is 4.67. The van der Waals surface area contributed by atoms with Crippen LogP contribution in [0.1, 0.15) is 17.5 Å².